The second-order valence-electron chi connectivity index (χ2n) is 3.58. The van der Waals surface area contributed by atoms with Crippen LogP contribution in [0, 0.1) is 6.92 Å². The number of aromatic nitrogens is 2. The first-order valence-corrected chi connectivity index (χ1v) is 5.34. The number of benzene rings is 1. The van der Waals surface area contributed by atoms with Crippen LogP contribution in [0.5, 0.6) is 0 Å². The lowest BCUT2D eigenvalue weighted by atomic mass is 10.1. The number of hydrogen-bond donors (Lipinski definition) is 0. The molecule has 1 heterocycles. The number of hydrogen-bond acceptors (Lipinski definition) is 2. The first kappa shape index (κ1) is 11.9. The van der Waals surface area contributed by atoms with Crippen LogP contribution in [0.2, 0.25) is 5.15 Å². The summed E-state index contributed by atoms with van der Waals surface area (Å²) in [6.07, 6.45) is -2.50. The van der Waals surface area contributed by atoms with E-state index in [4.69, 9.17) is 11.6 Å². The van der Waals surface area contributed by atoms with Gasteiger partial charge in [0.15, 0.2) is 5.82 Å². The van der Waals surface area contributed by atoms with Crippen molar-refractivity contribution in [3.8, 4) is 11.4 Å². The summed E-state index contributed by atoms with van der Waals surface area (Å²) in [6.45, 7) is 1.77. The van der Waals surface area contributed by atoms with E-state index < -0.39 is 6.43 Å². The highest BCUT2D eigenvalue weighted by Crippen LogP contribution is 2.24. The van der Waals surface area contributed by atoms with Crippen LogP contribution >= 0.6 is 11.6 Å². The Morgan fingerprint density at radius 2 is 1.94 bits per heavy atom. The van der Waals surface area contributed by atoms with Gasteiger partial charge in [-0.25, -0.2) is 18.7 Å². The van der Waals surface area contributed by atoms with Crippen molar-refractivity contribution in [2.75, 3.05) is 0 Å². The Labute approximate surface area is 102 Å². The zero-order chi connectivity index (χ0) is 12.4. The van der Waals surface area contributed by atoms with Gasteiger partial charge in [0.1, 0.15) is 5.15 Å². The Hall–Kier alpha value is -1.55. The zero-order valence-corrected chi connectivity index (χ0v) is 9.75. The molecule has 0 amide bonds. The molecule has 1 aromatic carbocycles. The van der Waals surface area contributed by atoms with E-state index in [2.05, 4.69) is 9.97 Å². The van der Waals surface area contributed by atoms with E-state index in [9.17, 15) is 8.78 Å². The first-order chi connectivity index (χ1) is 8.06. The van der Waals surface area contributed by atoms with E-state index in [0.717, 1.165) is 0 Å². The van der Waals surface area contributed by atoms with Crippen LogP contribution < -0.4 is 0 Å². The maximum atomic E-state index is 12.6. The standard InChI is InChI=1S/C12H9ClF2N2/c1-7-5-10(13)17-12(16-7)9-4-2-3-8(6-9)11(14)15/h2-6,11H,1H3. The number of aryl methyl sites for hydroxylation is 1. The van der Waals surface area contributed by atoms with Gasteiger partial charge in [-0.1, -0.05) is 29.8 Å². The van der Waals surface area contributed by atoms with Crippen molar-refractivity contribution in [1.82, 2.24) is 9.97 Å². The van der Waals surface area contributed by atoms with E-state index in [0.29, 0.717) is 22.2 Å². The van der Waals surface area contributed by atoms with Gasteiger partial charge < -0.3 is 0 Å². The molecule has 0 unspecified atom stereocenters. The smallest absolute Gasteiger partial charge is 0.233 e. The van der Waals surface area contributed by atoms with Gasteiger partial charge in [-0.3, -0.25) is 0 Å². The molecule has 2 aromatic rings. The molecule has 0 radical (unpaired) electrons. The summed E-state index contributed by atoms with van der Waals surface area (Å²) in [4.78, 5) is 8.18. The molecule has 0 aliphatic carbocycles. The molecular formula is C12H9ClF2N2. The molecule has 0 fully saturated rings. The quantitative estimate of drug-likeness (QED) is 0.756. The Bertz CT molecular complexity index is 524. The van der Waals surface area contributed by atoms with Crippen LogP contribution in [0.15, 0.2) is 30.3 Å². The van der Waals surface area contributed by atoms with Gasteiger partial charge in [0.05, 0.1) is 0 Å². The minimum atomic E-state index is -2.50. The summed E-state index contributed by atoms with van der Waals surface area (Å²) in [5, 5.41) is 0.301. The molecule has 0 saturated heterocycles. The van der Waals surface area contributed by atoms with Crippen LogP contribution in [-0.2, 0) is 0 Å². The molecule has 0 atom stereocenters. The van der Waals surface area contributed by atoms with Gasteiger partial charge in [0.25, 0.3) is 6.43 Å². The van der Waals surface area contributed by atoms with E-state index in [-0.39, 0.29) is 5.56 Å². The summed E-state index contributed by atoms with van der Waals surface area (Å²) in [6, 6.07) is 7.58. The SMILES string of the molecule is Cc1cc(Cl)nc(-c2cccc(C(F)F)c2)n1. The summed E-state index contributed by atoms with van der Waals surface area (Å²) in [7, 11) is 0. The molecule has 0 saturated carbocycles. The van der Waals surface area contributed by atoms with E-state index >= 15 is 0 Å². The lowest BCUT2D eigenvalue weighted by Crippen LogP contribution is -1.93. The molecule has 0 bridgehead atoms. The molecule has 1 aromatic heterocycles. The van der Waals surface area contributed by atoms with Crippen LogP contribution in [0.3, 0.4) is 0 Å². The number of rotatable bonds is 2. The average Bonchev–Trinajstić information content (AvgIpc) is 2.28. The van der Waals surface area contributed by atoms with Gasteiger partial charge >= 0.3 is 0 Å². The van der Waals surface area contributed by atoms with Crippen molar-refractivity contribution in [2.24, 2.45) is 0 Å². The van der Waals surface area contributed by atoms with Gasteiger partial charge in [-0.2, -0.15) is 0 Å². The molecule has 0 aliphatic heterocycles. The number of nitrogens with zero attached hydrogens (tertiary/aromatic N) is 2. The van der Waals surface area contributed by atoms with Crippen LogP contribution in [0.4, 0.5) is 8.78 Å². The Balaban J connectivity index is 2.49. The van der Waals surface area contributed by atoms with Crippen molar-refractivity contribution in [1.29, 1.82) is 0 Å². The maximum Gasteiger partial charge on any atom is 0.263 e. The molecular weight excluding hydrogens is 246 g/mol. The minimum Gasteiger partial charge on any atom is -0.233 e. The summed E-state index contributed by atoms with van der Waals surface area (Å²) >= 11 is 5.80. The predicted molar refractivity (Wildman–Crippen MR) is 62.2 cm³/mol. The molecule has 5 heteroatoms. The highest BCUT2D eigenvalue weighted by Gasteiger charge is 2.10. The molecule has 0 spiro atoms. The monoisotopic (exact) mass is 254 g/mol. The highest BCUT2D eigenvalue weighted by molar-refractivity contribution is 6.29. The lowest BCUT2D eigenvalue weighted by Gasteiger charge is -2.04. The topological polar surface area (TPSA) is 25.8 Å². The van der Waals surface area contributed by atoms with Crippen molar-refractivity contribution >= 4 is 11.6 Å². The summed E-state index contributed by atoms with van der Waals surface area (Å²) in [5.41, 5.74) is 1.18. The molecule has 0 aliphatic rings. The maximum absolute atomic E-state index is 12.6. The van der Waals surface area contributed by atoms with Crippen molar-refractivity contribution < 1.29 is 8.78 Å². The van der Waals surface area contributed by atoms with Crippen molar-refractivity contribution in [3.05, 3.63) is 46.7 Å². The first-order valence-electron chi connectivity index (χ1n) is 4.96. The van der Waals surface area contributed by atoms with Gasteiger partial charge in [0.2, 0.25) is 0 Å². The van der Waals surface area contributed by atoms with Crippen LogP contribution in [-0.4, -0.2) is 9.97 Å². The normalized spacial score (nSPS) is 10.9. The third-order valence-corrected chi connectivity index (χ3v) is 2.41. The van der Waals surface area contributed by atoms with E-state index in [1.807, 2.05) is 0 Å². The number of halogens is 3. The predicted octanol–water partition coefficient (Wildman–Crippen LogP) is 4.04. The molecule has 2 nitrogen and oxygen atoms in total. The highest BCUT2D eigenvalue weighted by atomic mass is 35.5. The molecule has 0 N–H and O–H groups in total. The molecule has 2 rings (SSSR count). The van der Waals surface area contributed by atoms with Gasteiger partial charge in [-0.05, 0) is 19.1 Å². The molecule has 17 heavy (non-hydrogen) atoms. The van der Waals surface area contributed by atoms with E-state index in [1.165, 1.54) is 12.1 Å². The summed E-state index contributed by atoms with van der Waals surface area (Å²) in [5.74, 6) is 0.359. The van der Waals surface area contributed by atoms with Gasteiger partial charge in [-0.15, -0.1) is 0 Å². The van der Waals surface area contributed by atoms with Crippen molar-refractivity contribution in [3.63, 3.8) is 0 Å². The zero-order valence-electron chi connectivity index (χ0n) is 8.99. The fourth-order valence-corrected chi connectivity index (χ4v) is 1.71. The Morgan fingerprint density at radius 1 is 1.18 bits per heavy atom. The fraction of sp³-hybridized carbons (Fsp3) is 0.167. The van der Waals surface area contributed by atoms with Crippen LogP contribution in [0.25, 0.3) is 11.4 Å². The molecule has 88 valence electrons. The third kappa shape index (κ3) is 2.77. The lowest BCUT2D eigenvalue weighted by molar-refractivity contribution is 0.151. The number of alkyl halides is 2. The fourth-order valence-electron chi connectivity index (χ4n) is 1.47. The Morgan fingerprint density at radius 3 is 2.59 bits per heavy atom. The largest absolute Gasteiger partial charge is 0.263 e. The van der Waals surface area contributed by atoms with Crippen LogP contribution in [0.1, 0.15) is 17.7 Å². The second kappa shape index (κ2) is 4.75. The second-order valence-corrected chi connectivity index (χ2v) is 3.97. The van der Waals surface area contributed by atoms with Crippen molar-refractivity contribution in [2.45, 2.75) is 13.3 Å². The Kier molecular flexibility index (Phi) is 3.33. The summed E-state index contributed by atoms with van der Waals surface area (Å²) < 4.78 is 25.1. The average molecular weight is 255 g/mol. The third-order valence-electron chi connectivity index (χ3n) is 2.22. The minimum absolute atomic E-state index is 0.0521. The van der Waals surface area contributed by atoms with E-state index in [1.54, 1.807) is 25.1 Å². The van der Waals surface area contributed by atoms with Gasteiger partial charge in [0, 0.05) is 16.8 Å².